The highest BCUT2D eigenvalue weighted by atomic mass is 31.2. The minimum atomic E-state index is -4.37. The zero-order chi connectivity index (χ0) is 48.5. The number of allylic oxidation sites excluding steroid dienone is 19. The van der Waals surface area contributed by atoms with Crippen molar-refractivity contribution >= 4 is 13.7 Å². The van der Waals surface area contributed by atoms with Gasteiger partial charge in [0.1, 0.15) is 13.2 Å². The van der Waals surface area contributed by atoms with Gasteiger partial charge in [-0.1, -0.05) is 200 Å². The molecule has 0 fully saturated rings. The fourth-order valence-corrected chi connectivity index (χ4v) is 7.34. The topological polar surface area (TPSA) is 105 Å². The minimum absolute atomic E-state index is 0.0436. The Kier molecular flexibility index (Phi) is 44.8. The summed E-state index contributed by atoms with van der Waals surface area (Å²) in [4.78, 5) is 23.2. The van der Waals surface area contributed by atoms with E-state index in [2.05, 4.69) is 129 Å². The molecule has 3 unspecified atom stereocenters. The lowest BCUT2D eigenvalue weighted by atomic mass is 10.1. The molecule has 376 valence electrons. The number of carbonyl (C=O) groups is 1. The number of aliphatic hydroxyl groups excluding tert-OH is 1. The van der Waals surface area contributed by atoms with Crippen LogP contribution in [0.25, 0.3) is 0 Å². The molecule has 0 aromatic carbocycles. The Morgan fingerprint density at radius 1 is 0.530 bits per heavy atom. The van der Waals surface area contributed by atoms with E-state index in [9.17, 15) is 19.4 Å². The van der Waals surface area contributed by atoms with E-state index in [1.807, 2.05) is 27.2 Å². The largest absolute Gasteiger partial charge is 0.472 e. The monoisotopic (exact) mass is 938 g/mol. The van der Waals surface area contributed by atoms with Crippen molar-refractivity contribution in [2.45, 2.75) is 193 Å². The number of amides is 1. The van der Waals surface area contributed by atoms with Crippen LogP contribution in [0, 0.1) is 0 Å². The van der Waals surface area contributed by atoms with Gasteiger partial charge in [-0.25, -0.2) is 4.57 Å². The standard InChI is InChI=1S/C57H97N2O6P/c1-6-8-10-12-14-16-18-20-22-23-24-25-26-27-28-29-30-31-32-33-34-35-37-39-41-43-45-47-49-51-57(61)58-55(54-65-66(62,63)64-53-52-59(3,4)5)56(60)50-48-46-44-42-40-38-36-21-19-17-15-13-11-9-7-2/h8,10,14,16,20,22,24-25,27-28,30-31,33-34,37,39-40,42,48,50,55-56,60H,6-7,9,11-13,15,17-19,21,23,26,29,32,35-36,38,41,43-47,49,51-54H2,1-5H3,(H-,58,61,62,63)/p+1/b10-8-,16-14-,22-20-,25-24-,28-27-,31-30-,34-33-,39-37-,42-40+,50-48+. The fraction of sp³-hybridized carbons (Fsp3) is 0.632. The molecule has 1 amide bonds. The van der Waals surface area contributed by atoms with E-state index in [0.717, 1.165) is 103 Å². The minimum Gasteiger partial charge on any atom is -0.387 e. The quantitative estimate of drug-likeness (QED) is 0.0243. The van der Waals surface area contributed by atoms with E-state index in [0.29, 0.717) is 17.4 Å². The van der Waals surface area contributed by atoms with Gasteiger partial charge in [0, 0.05) is 6.42 Å². The lowest BCUT2D eigenvalue weighted by Gasteiger charge is -2.25. The van der Waals surface area contributed by atoms with Gasteiger partial charge in [-0.3, -0.25) is 13.8 Å². The maximum atomic E-state index is 12.9. The lowest BCUT2D eigenvalue weighted by Crippen LogP contribution is -2.45. The molecule has 0 bridgehead atoms. The smallest absolute Gasteiger partial charge is 0.387 e. The molecular weight excluding hydrogens is 840 g/mol. The zero-order valence-corrected chi connectivity index (χ0v) is 43.5. The maximum absolute atomic E-state index is 12.9. The highest BCUT2D eigenvalue weighted by Gasteiger charge is 2.27. The Bertz CT molecular complexity index is 1480. The van der Waals surface area contributed by atoms with Crippen LogP contribution in [0.4, 0.5) is 0 Å². The van der Waals surface area contributed by atoms with Crippen molar-refractivity contribution in [2.75, 3.05) is 40.9 Å². The summed E-state index contributed by atoms with van der Waals surface area (Å²) in [6.07, 6.45) is 70.0. The predicted octanol–water partition coefficient (Wildman–Crippen LogP) is 15.4. The van der Waals surface area contributed by atoms with Crippen molar-refractivity contribution < 1.29 is 32.9 Å². The normalized spacial score (nSPS) is 15.1. The summed E-state index contributed by atoms with van der Waals surface area (Å²) in [5.74, 6) is -0.218. The Morgan fingerprint density at radius 3 is 1.39 bits per heavy atom. The number of phosphoric acid groups is 1. The van der Waals surface area contributed by atoms with Crippen LogP contribution < -0.4 is 5.32 Å². The van der Waals surface area contributed by atoms with Crippen LogP contribution in [0.5, 0.6) is 0 Å². The summed E-state index contributed by atoms with van der Waals surface area (Å²) in [5, 5.41) is 13.8. The second kappa shape index (κ2) is 47.0. The highest BCUT2D eigenvalue weighted by Crippen LogP contribution is 2.43. The van der Waals surface area contributed by atoms with Crippen LogP contribution in [0.3, 0.4) is 0 Å². The molecule has 0 saturated carbocycles. The number of quaternary nitrogens is 1. The molecule has 0 aliphatic carbocycles. The van der Waals surface area contributed by atoms with Crippen LogP contribution in [0.2, 0.25) is 0 Å². The van der Waals surface area contributed by atoms with Crippen molar-refractivity contribution in [3.63, 3.8) is 0 Å². The number of aliphatic hydroxyl groups is 1. The number of hydrogen-bond donors (Lipinski definition) is 3. The average Bonchev–Trinajstić information content (AvgIpc) is 3.28. The number of nitrogens with zero attached hydrogens (tertiary/aromatic N) is 1. The molecule has 0 aromatic rings. The van der Waals surface area contributed by atoms with E-state index < -0.39 is 20.0 Å². The molecular formula is C57H98N2O6P+. The summed E-state index contributed by atoms with van der Waals surface area (Å²) < 4.78 is 23.6. The maximum Gasteiger partial charge on any atom is 0.472 e. The van der Waals surface area contributed by atoms with Crippen molar-refractivity contribution in [3.05, 3.63) is 122 Å². The predicted molar refractivity (Wildman–Crippen MR) is 285 cm³/mol. The summed E-state index contributed by atoms with van der Waals surface area (Å²) in [6.45, 7) is 4.63. The van der Waals surface area contributed by atoms with Crippen molar-refractivity contribution in [1.29, 1.82) is 0 Å². The molecule has 0 aromatic heterocycles. The van der Waals surface area contributed by atoms with E-state index in [1.165, 1.54) is 57.8 Å². The Hall–Kier alpha value is -3.10. The van der Waals surface area contributed by atoms with Gasteiger partial charge in [0.25, 0.3) is 0 Å². The van der Waals surface area contributed by atoms with Crippen molar-refractivity contribution in [3.8, 4) is 0 Å². The van der Waals surface area contributed by atoms with Gasteiger partial charge < -0.3 is 19.8 Å². The lowest BCUT2D eigenvalue weighted by molar-refractivity contribution is -0.870. The summed E-state index contributed by atoms with van der Waals surface area (Å²) >= 11 is 0. The molecule has 0 heterocycles. The molecule has 0 saturated heterocycles. The molecule has 9 heteroatoms. The Balaban J connectivity index is 4.39. The van der Waals surface area contributed by atoms with Crippen LogP contribution in [0.1, 0.15) is 181 Å². The molecule has 0 aliphatic heterocycles. The first-order valence-electron chi connectivity index (χ1n) is 25.9. The second-order valence-electron chi connectivity index (χ2n) is 18.2. The number of phosphoric ester groups is 1. The molecule has 66 heavy (non-hydrogen) atoms. The van der Waals surface area contributed by atoms with Gasteiger partial charge in [0.05, 0.1) is 39.9 Å². The molecule has 0 spiro atoms. The van der Waals surface area contributed by atoms with E-state index in [-0.39, 0.29) is 19.1 Å². The number of unbranched alkanes of at least 4 members (excludes halogenated alkanes) is 14. The van der Waals surface area contributed by atoms with Crippen LogP contribution in [-0.2, 0) is 18.4 Å². The van der Waals surface area contributed by atoms with Gasteiger partial charge in [-0.15, -0.1) is 0 Å². The van der Waals surface area contributed by atoms with Crippen LogP contribution >= 0.6 is 7.82 Å². The third-order valence-corrected chi connectivity index (χ3v) is 11.6. The average molecular weight is 938 g/mol. The molecule has 0 aliphatic rings. The van der Waals surface area contributed by atoms with Gasteiger partial charge in [0.2, 0.25) is 5.91 Å². The van der Waals surface area contributed by atoms with Gasteiger partial charge in [-0.05, 0) is 96.3 Å². The zero-order valence-electron chi connectivity index (χ0n) is 42.6. The molecule has 8 nitrogen and oxygen atoms in total. The first-order chi connectivity index (χ1) is 32.0. The fourth-order valence-electron chi connectivity index (χ4n) is 6.60. The third kappa shape index (κ3) is 48.8. The van der Waals surface area contributed by atoms with Crippen LogP contribution in [0.15, 0.2) is 122 Å². The number of likely N-dealkylation sites (N-methyl/N-ethyl adjacent to an activating group) is 1. The molecule has 0 radical (unpaired) electrons. The Morgan fingerprint density at radius 2 is 0.924 bits per heavy atom. The summed E-state index contributed by atoms with van der Waals surface area (Å²) in [7, 11) is 1.51. The SMILES string of the molecule is CC/C=C\C/C=C\C/C=C\C/C=C\C/C=C\C/C=C\C/C=C\C/C=C\CCCCCCC(=O)NC(COP(=O)(O)OCC[N+](C)(C)C)C(O)/C=C/CC/C=C/CCCCCCCCCCC. The van der Waals surface area contributed by atoms with Crippen molar-refractivity contribution in [2.24, 2.45) is 0 Å². The van der Waals surface area contributed by atoms with Gasteiger partial charge >= 0.3 is 7.82 Å². The first kappa shape index (κ1) is 62.9. The highest BCUT2D eigenvalue weighted by molar-refractivity contribution is 7.47. The summed E-state index contributed by atoms with van der Waals surface area (Å²) in [5.41, 5.74) is 0. The number of hydrogen-bond acceptors (Lipinski definition) is 5. The molecule has 3 atom stereocenters. The Labute approximate surface area is 405 Å². The van der Waals surface area contributed by atoms with Crippen LogP contribution in [-0.4, -0.2) is 73.4 Å². The van der Waals surface area contributed by atoms with Gasteiger partial charge in [-0.2, -0.15) is 0 Å². The first-order valence-corrected chi connectivity index (χ1v) is 27.4. The number of nitrogens with one attached hydrogen (secondary N) is 1. The molecule has 0 rings (SSSR count). The second-order valence-corrected chi connectivity index (χ2v) is 19.6. The summed E-state index contributed by atoms with van der Waals surface area (Å²) in [6, 6.07) is -0.886. The van der Waals surface area contributed by atoms with Gasteiger partial charge in [0.15, 0.2) is 0 Å². The third-order valence-electron chi connectivity index (χ3n) is 10.7. The van der Waals surface area contributed by atoms with E-state index in [1.54, 1.807) is 6.08 Å². The van der Waals surface area contributed by atoms with Crippen molar-refractivity contribution in [1.82, 2.24) is 5.32 Å². The number of carbonyl (C=O) groups excluding carboxylic acids is 1. The van der Waals surface area contributed by atoms with E-state index in [4.69, 9.17) is 9.05 Å². The van der Waals surface area contributed by atoms with E-state index >= 15 is 0 Å². The number of rotatable bonds is 45. The molecule has 3 N–H and O–H groups in total.